The van der Waals surface area contributed by atoms with Crippen molar-refractivity contribution in [2.75, 3.05) is 6.61 Å². The molecule has 3 nitrogen and oxygen atoms in total. The van der Waals surface area contributed by atoms with Crippen LogP contribution in [0.5, 0.6) is 5.75 Å². The fourth-order valence-electron chi connectivity index (χ4n) is 2.14. The topological polar surface area (TPSA) is 38.3 Å². The third-order valence-electron chi connectivity index (χ3n) is 3.17. The summed E-state index contributed by atoms with van der Waals surface area (Å²) in [5.74, 6) is 1.33. The summed E-state index contributed by atoms with van der Waals surface area (Å²) in [6.45, 7) is 0.636. The predicted octanol–water partition coefficient (Wildman–Crippen LogP) is 1.83. The van der Waals surface area contributed by atoms with Crippen LogP contribution in [0.25, 0.3) is 0 Å². The van der Waals surface area contributed by atoms with Crippen LogP contribution in [-0.4, -0.2) is 18.6 Å². The zero-order chi connectivity index (χ0) is 11.0. The molecule has 1 heterocycles. The maximum atomic E-state index is 11.7. The lowest BCUT2D eigenvalue weighted by molar-refractivity contribution is -0.121. The number of amides is 1. The fourth-order valence-corrected chi connectivity index (χ4v) is 2.14. The van der Waals surface area contributed by atoms with Gasteiger partial charge < -0.3 is 10.1 Å². The van der Waals surface area contributed by atoms with E-state index in [9.17, 15) is 4.79 Å². The molecular weight excluding hydrogens is 202 g/mol. The van der Waals surface area contributed by atoms with E-state index in [0.29, 0.717) is 19.1 Å². The standard InChI is InChI=1S/C13H15NO2/c15-13(14-10-5-6-10)7-9-8-16-12-4-2-1-3-11(9)12/h1-4,9-10H,5-8H2,(H,14,15). The monoisotopic (exact) mass is 217 g/mol. The van der Waals surface area contributed by atoms with E-state index < -0.39 is 0 Å². The minimum atomic E-state index is 0.160. The largest absolute Gasteiger partial charge is 0.493 e. The summed E-state index contributed by atoms with van der Waals surface area (Å²) >= 11 is 0. The lowest BCUT2D eigenvalue weighted by Crippen LogP contribution is -2.27. The van der Waals surface area contributed by atoms with E-state index in [1.54, 1.807) is 0 Å². The molecule has 1 saturated carbocycles. The van der Waals surface area contributed by atoms with Crippen molar-refractivity contribution in [3.05, 3.63) is 29.8 Å². The van der Waals surface area contributed by atoms with Gasteiger partial charge in [0.05, 0.1) is 6.61 Å². The number of carbonyl (C=O) groups is 1. The van der Waals surface area contributed by atoms with Crippen molar-refractivity contribution in [2.24, 2.45) is 0 Å². The number of rotatable bonds is 3. The highest BCUT2D eigenvalue weighted by atomic mass is 16.5. The van der Waals surface area contributed by atoms with Gasteiger partial charge in [-0.3, -0.25) is 4.79 Å². The minimum Gasteiger partial charge on any atom is -0.493 e. The van der Waals surface area contributed by atoms with Gasteiger partial charge in [-0.1, -0.05) is 18.2 Å². The van der Waals surface area contributed by atoms with Gasteiger partial charge in [-0.05, 0) is 18.9 Å². The first-order valence-corrected chi connectivity index (χ1v) is 5.84. The van der Waals surface area contributed by atoms with Gasteiger partial charge in [-0.25, -0.2) is 0 Å². The molecule has 1 aromatic carbocycles. The third-order valence-corrected chi connectivity index (χ3v) is 3.17. The summed E-state index contributed by atoms with van der Waals surface area (Å²) in [6, 6.07) is 8.43. The minimum absolute atomic E-state index is 0.160. The highest BCUT2D eigenvalue weighted by Crippen LogP contribution is 2.35. The Balaban J connectivity index is 1.65. The van der Waals surface area contributed by atoms with Crippen molar-refractivity contribution in [2.45, 2.75) is 31.2 Å². The van der Waals surface area contributed by atoms with Gasteiger partial charge in [0.2, 0.25) is 5.91 Å². The normalized spacial score (nSPS) is 22.4. The molecule has 3 rings (SSSR count). The zero-order valence-electron chi connectivity index (χ0n) is 9.11. The van der Waals surface area contributed by atoms with Crippen molar-refractivity contribution in [1.29, 1.82) is 0 Å². The van der Waals surface area contributed by atoms with Gasteiger partial charge in [-0.2, -0.15) is 0 Å². The molecule has 1 aromatic rings. The number of hydrogen-bond acceptors (Lipinski definition) is 2. The van der Waals surface area contributed by atoms with Crippen LogP contribution in [-0.2, 0) is 4.79 Å². The Morgan fingerprint density at radius 3 is 3.00 bits per heavy atom. The molecule has 16 heavy (non-hydrogen) atoms. The van der Waals surface area contributed by atoms with Crippen molar-refractivity contribution in [3.8, 4) is 5.75 Å². The predicted molar refractivity (Wildman–Crippen MR) is 60.5 cm³/mol. The summed E-state index contributed by atoms with van der Waals surface area (Å²) in [5, 5.41) is 3.02. The summed E-state index contributed by atoms with van der Waals surface area (Å²) in [4.78, 5) is 11.7. The van der Waals surface area contributed by atoms with Gasteiger partial charge in [-0.15, -0.1) is 0 Å². The van der Waals surface area contributed by atoms with Crippen molar-refractivity contribution >= 4 is 5.91 Å². The maximum Gasteiger partial charge on any atom is 0.220 e. The second-order valence-electron chi connectivity index (χ2n) is 4.59. The summed E-state index contributed by atoms with van der Waals surface area (Å²) in [7, 11) is 0. The molecule has 1 fully saturated rings. The first kappa shape index (κ1) is 9.70. The van der Waals surface area contributed by atoms with Crippen LogP contribution in [0.1, 0.15) is 30.7 Å². The highest BCUT2D eigenvalue weighted by Gasteiger charge is 2.28. The van der Waals surface area contributed by atoms with Crippen molar-refractivity contribution < 1.29 is 9.53 Å². The molecule has 0 radical (unpaired) electrons. The van der Waals surface area contributed by atoms with Crippen LogP contribution < -0.4 is 10.1 Å². The lowest BCUT2D eigenvalue weighted by Gasteiger charge is -2.08. The molecule has 2 aliphatic rings. The average molecular weight is 217 g/mol. The molecule has 0 saturated heterocycles. The molecule has 0 spiro atoms. The summed E-state index contributed by atoms with van der Waals surface area (Å²) in [6.07, 6.45) is 2.83. The summed E-state index contributed by atoms with van der Waals surface area (Å²) < 4.78 is 5.55. The van der Waals surface area contributed by atoms with Crippen LogP contribution >= 0.6 is 0 Å². The number of nitrogens with one attached hydrogen (secondary N) is 1. The molecule has 0 bridgehead atoms. The van der Waals surface area contributed by atoms with Gasteiger partial charge in [0.1, 0.15) is 5.75 Å². The first-order chi connectivity index (χ1) is 7.83. The molecular formula is C13H15NO2. The van der Waals surface area contributed by atoms with Gasteiger partial charge in [0.15, 0.2) is 0 Å². The van der Waals surface area contributed by atoms with E-state index in [1.165, 1.54) is 5.56 Å². The number of fused-ring (bicyclic) bond motifs is 1. The van der Waals surface area contributed by atoms with Gasteiger partial charge in [0, 0.05) is 23.9 Å². The molecule has 3 heteroatoms. The average Bonchev–Trinajstić information content (AvgIpc) is 3.00. The SMILES string of the molecule is O=C(CC1COc2ccccc21)NC1CC1. The van der Waals surface area contributed by atoms with E-state index in [4.69, 9.17) is 4.74 Å². The quantitative estimate of drug-likeness (QED) is 0.838. The molecule has 1 N–H and O–H groups in total. The van der Waals surface area contributed by atoms with Crippen LogP contribution in [0.4, 0.5) is 0 Å². The van der Waals surface area contributed by atoms with Crippen LogP contribution in [0, 0.1) is 0 Å². The number of para-hydroxylation sites is 1. The third kappa shape index (κ3) is 1.90. The van der Waals surface area contributed by atoms with E-state index in [2.05, 4.69) is 11.4 Å². The second kappa shape index (κ2) is 3.81. The Morgan fingerprint density at radius 2 is 2.19 bits per heavy atom. The van der Waals surface area contributed by atoms with Crippen LogP contribution in [0.2, 0.25) is 0 Å². The zero-order valence-corrected chi connectivity index (χ0v) is 9.11. The number of benzene rings is 1. The van der Waals surface area contributed by atoms with E-state index in [-0.39, 0.29) is 11.8 Å². The van der Waals surface area contributed by atoms with Crippen molar-refractivity contribution in [3.63, 3.8) is 0 Å². The molecule has 0 aromatic heterocycles. The molecule has 1 atom stereocenters. The van der Waals surface area contributed by atoms with E-state index in [0.717, 1.165) is 18.6 Å². The maximum absolute atomic E-state index is 11.7. The second-order valence-corrected chi connectivity index (χ2v) is 4.59. The van der Waals surface area contributed by atoms with E-state index in [1.807, 2.05) is 18.2 Å². The lowest BCUT2D eigenvalue weighted by atomic mass is 9.97. The Bertz CT molecular complexity index is 412. The Labute approximate surface area is 94.8 Å². The highest BCUT2D eigenvalue weighted by molar-refractivity contribution is 5.77. The number of carbonyl (C=O) groups excluding carboxylic acids is 1. The molecule has 1 aliphatic heterocycles. The molecule has 1 amide bonds. The summed E-state index contributed by atoms with van der Waals surface area (Å²) in [5.41, 5.74) is 1.17. The van der Waals surface area contributed by atoms with E-state index >= 15 is 0 Å². The first-order valence-electron chi connectivity index (χ1n) is 5.84. The molecule has 84 valence electrons. The number of ether oxygens (including phenoxy) is 1. The Kier molecular flexibility index (Phi) is 2.31. The van der Waals surface area contributed by atoms with Crippen LogP contribution in [0.3, 0.4) is 0 Å². The Hall–Kier alpha value is -1.51. The Morgan fingerprint density at radius 1 is 1.38 bits per heavy atom. The smallest absolute Gasteiger partial charge is 0.220 e. The van der Waals surface area contributed by atoms with Crippen molar-refractivity contribution in [1.82, 2.24) is 5.32 Å². The van der Waals surface area contributed by atoms with Crippen LogP contribution in [0.15, 0.2) is 24.3 Å². The molecule has 1 aliphatic carbocycles. The molecule has 1 unspecified atom stereocenters. The number of hydrogen-bond donors (Lipinski definition) is 1. The van der Waals surface area contributed by atoms with Gasteiger partial charge in [0.25, 0.3) is 0 Å². The van der Waals surface area contributed by atoms with Gasteiger partial charge >= 0.3 is 0 Å². The fraction of sp³-hybridized carbons (Fsp3) is 0.462.